The maximum absolute atomic E-state index is 11.7. The Hall–Kier alpha value is -1.49. The molecule has 0 aliphatic rings. The van der Waals surface area contributed by atoms with E-state index in [-0.39, 0.29) is 18.8 Å². The highest BCUT2D eigenvalue weighted by Crippen LogP contribution is 2.14. The third-order valence-corrected chi connectivity index (χ3v) is 2.73. The van der Waals surface area contributed by atoms with Crippen LogP contribution in [0, 0.1) is 0 Å². The van der Waals surface area contributed by atoms with Crippen LogP contribution < -0.4 is 5.73 Å². The highest BCUT2D eigenvalue weighted by atomic mass is 32.1. The molecule has 0 aromatic heterocycles. The summed E-state index contributed by atoms with van der Waals surface area (Å²) in [6, 6.07) is 7.03. The predicted molar refractivity (Wildman–Crippen MR) is 69.0 cm³/mol. The minimum absolute atomic E-state index is 0.0830. The first-order valence-electron chi connectivity index (χ1n) is 5.27. The van der Waals surface area contributed by atoms with Gasteiger partial charge in [0.2, 0.25) is 0 Å². The number of hydrogen-bond donors (Lipinski definition) is 2. The summed E-state index contributed by atoms with van der Waals surface area (Å²) < 4.78 is 4.73. The van der Waals surface area contributed by atoms with Gasteiger partial charge in [-0.2, -0.15) is 12.6 Å². The molecule has 0 amide bonds. The lowest BCUT2D eigenvalue weighted by molar-refractivity contribution is -0.144. The Morgan fingerprint density at radius 2 is 2.06 bits per heavy atom. The smallest absolute Gasteiger partial charge is 0.326 e. The van der Waals surface area contributed by atoms with Crippen LogP contribution in [0.25, 0.3) is 0 Å². The topological polar surface area (TPSA) is 69.4 Å². The van der Waals surface area contributed by atoms with E-state index >= 15 is 0 Å². The maximum Gasteiger partial charge on any atom is 0.326 e. The molecule has 1 unspecified atom stereocenters. The van der Waals surface area contributed by atoms with Crippen LogP contribution in [-0.4, -0.2) is 23.6 Å². The summed E-state index contributed by atoms with van der Waals surface area (Å²) in [5.74, 6) is -0.931. The Bertz CT molecular complexity index is 420. The largest absolute Gasteiger partial charge is 0.465 e. The number of ether oxygens (including phenoxy) is 1. The highest BCUT2D eigenvalue weighted by Gasteiger charge is 2.24. The minimum Gasteiger partial charge on any atom is -0.465 e. The van der Waals surface area contributed by atoms with Gasteiger partial charge in [-0.1, -0.05) is 18.2 Å². The first kappa shape index (κ1) is 13.6. The van der Waals surface area contributed by atoms with Crippen molar-refractivity contribution in [3.8, 4) is 0 Å². The number of esters is 1. The van der Waals surface area contributed by atoms with Crippen LogP contribution in [0.15, 0.2) is 24.3 Å². The van der Waals surface area contributed by atoms with E-state index < -0.39 is 11.2 Å². The van der Waals surface area contributed by atoms with Gasteiger partial charge in [-0.25, -0.2) is 0 Å². The number of ketones is 1. The Morgan fingerprint density at radius 3 is 2.65 bits per heavy atom. The molecule has 0 saturated heterocycles. The summed E-state index contributed by atoms with van der Waals surface area (Å²) in [6.07, 6.45) is 0.0830. The van der Waals surface area contributed by atoms with Crippen LogP contribution >= 0.6 is 12.6 Å². The molecule has 1 aromatic carbocycles. The lowest BCUT2D eigenvalue weighted by Crippen LogP contribution is -2.28. The zero-order valence-corrected chi connectivity index (χ0v) is 10.4. The molecule has 0 fully saturated rings. The fraction of sp³-hybridized carbons (Fsp3) is 0.333. The number of nitrogen functional groups attached to an aromatic ring is 1. The number of nitrogens with two attached hydrogens (primary N) is 1. The monoisotopic (exact) mass is 253 g/mol. The van der Waals surface area contributed by atoms with Crippen molar-refractivity contribution in [2.24, 2.45) is 0 Å². The van der Waals surface area contributed by atoms with Crippen LogP contribution in [0.3, 0.4) is 0 Å². The predicted octanol–water partition coefficient (Wildman–Crippen LogP) is 1.24. The van der Waals surface area contributed by atoms with E-state index in [1.54, 1.807) is 31.2 Å². The molecule has 0 spiro atoms. The molecule has 5 heteroatoms. The van der Waals surface area contributed by atoms with Crippen LogP contribution in [-0.2, 0) is 20.7 Å². The van der Waals surface area contributed by atoms with E-state index in [0.717, 1.165) is 0 Å². The summed E-state index contributed by atoms with van der Waals surface area (Å²) in [5, 5.41) is -1.05. The van der Waals surface area contributed by atoms with Gasteiger partial charge in [0.1, 0.15) is 0 Å². The number of para-hydroxylation sites is 1. The lowest BCUT2D eigenvalue weighted by atomic mass is 10.1. The molecule has 1 rings (SSSR count). The van der Waals surface area contributed by atoms with Gasteiger partial charge in [0.15, 0.2) is 11.0 Å². The molecule has 0 aliphatic carbocycles. The molecule has 1 atom stereocenters. The van der Waals surface area contributed by atoms with Crippen molar-refractivity contribution >= 4 is 30.1 Å². The second-order valence-electron chi connectivity index (χ2n) is 3.50. The standard InChI is InChI=1S/C12H15NO3S/c1-2-16-12(15)11(17)10(14)7-8-5-3-4-6-9(8)13/h3-6,11,17H,2,7,13H2,1H3. The van der Waals surface area contributed by atoms with Crippen molar-refractivity contribution < 1.29 is 14.3 Å². The zero-order chi connectivity index (χ0) is 12.8. The normalized spacial score (nSPS) is 11.9. The Balaban J connectivity index is 2.67. The summed E-state index contributed by atoms with van der Waals surface area (Å²) in [5.41, 5.74) is 6.94. The summed E-state index contributed by atoms with van der Waals surface area (Å²) in [7, 11) is 0. The van der Waals surface area contributed by atoms with Crippen molar-refractivity contribution in [3.05, 3.63) is 29.8 Å². The number of carbonyl (C=O) groups is 2. The molecule has 17 heavy (non-hydrogen) atoms. The average Bonchev–Trinajstić information content (AvgIpc) is 2.31. The molecule has 0 bridgehead atoms. The van der Waals surface area contributed by atoms with E-state index in [4.69, 9.17) is 10.5 Å². The summed E-state index contributed by atoms with van der Waals surface area (Å²) in [4.78, 5) is 23.1. The number of Topliss-reactive ketones (excluding diaryl/α,β-unsaturated/α-hetero) is 1. The van der Waals surface area contributed by atoms with Crippen LogP contribution in [0.4, 0.5) is 5.69 Å². The van der Waals surface area contributed by atoms with Crippen LogP contribution in [0.2, 0.25) is 0 Å². The van der Waals surface area contributed by atoms with E-state index in [1.807, 2.05) is 0 Å². The van der Waals surface area contributed by atoms with E-state index in [9.17, 15) is 9.59 Å². The van der Waals surface area contributed by atoms with Gasteiger partial charge in [-0.05, 0) is 18.6 Å². The maximum atomic E-state index is 11.7. The number of hydrogen-bond acceptors (Lipinski definition) is 5. The molecule has 0 radical (unpaired) electrons. The second-order valence-corrected chi connectivity index (χ2v) is 4.01. The number of benzene rings is 1. The van der Waals surface area contributed by atoms with Gasteiger partial charge in [0.25, 0.3) is 0 Å². The number of carbonyl (C=O) groups excluding carboxylic acids is 2. The van der Waals surface area contributed by atoms with Crippen LogP contribution in [0.5, 0.6) is 0 Å². The van der Waals surface area contributed by atoms with Crippen molar-refractivity contribution in [3.63, 3.8) is 0 Å². The first-order chi connectivity index (χ1) is 8.06. The van der Waals surface area contributed by atoms with Crippen molar-refractivity contribution in [1.29, 1.82) is 0 Å². The summed E-state index contributed by atoms with van der Waals surface area (Å²) in [6.45, 7) is 1.91. The van der Waals surface area contributed by atoms with Gasteiger partial charge < -0.3 is 10.5 Å². The fourth-order valence-electron chi connectivity index (χ4n) is 1.33. The second kappa shape index (κ2) is 6.30. The third kappa shape index (κ3) is 3.78. The quantitative estimate of drug-likeness (QED) is 0.358. The van der Waals surface area contributed by atoms with Gasteiger partial charge in [0, 0.05) is 12.1 Å². The molecule has 1 aromatic rings. The Labute approximate surface area is 106 Å². The molecular formula is C12H15NO3S. The van der Waals surface area contributed by atoms with Crippen molar-refractivity contribution in [2.75, 3.05) is 12.3 Å². The fourth-order valence-corrected chi connectivity index (χ4v) is 1.50. The van der Waals surface area contributed by atoms with Crippen molar-refractivity contribution in [2.45, 2.75) is 18.6 Å². The average molecular weight is 253 g/mol. The van der Waals surface area contributed by atoms with E-state index in [0.29, 0.717) is 11.3 Å². The van der Waals surface area contributed by atoms with E-state index in [2.05, 4.69) is 12.6 Å². The Kier molecular flexibility index (Phi) is 5.03. The zero-order valence-electron chi connectivity index (χ0n) is 9.55. The van der Waals surface area contributed by atoms with Crippen molar-refractivity contribution in [1.82, 2.24) is 0 Å². The number of rotatable bonds is 5. The van der Waals surface area contributed by atoms with Gasteiger partial charge in [0.05, 0.1) is 6.61 Å². The third-order valence-electron chi connectivity index (χ3n) is 2.23. The molecule has 92 valence electrons. The van der Waals surface area contributed by atoms with E-state index in [1.165, 1.54) is 0 Å². The Morgan fingerprint density at radius 1 is 1.41 bits per heavy atom. The van der Waals surface area contributed by atoms with Gasteiger partial charge in [-0.15, -0.1) is 0 Å². The molecular weight excluding hydrogens is 238 g/mol. The molecule has 0 aliphatic heterocycles. The van der Waals surface area contributed by atoms with Crippen LogP contribution in [0.1, 0.15) is 12.5 Å². The molecule has 4 nitrogen and oxygen atoms in total. The number of anilines is 1. The summed E-state index contributed by atoms with van der Waals surface area (Å²) >= 11 is 3.95. The van der Waals surface area contributed by atoms with Gasteiger partial charge in [-0.3, -0.25) is 9.59 Å². The molecule has 2 N–H and O–H groups in total. The first-order valence-corrected chi connectivity index (χ1v) is 5.78. The molecule has 0 saturated carbocycles. The molecule has 0 heterocycles. The lowest BCUT2D eigenvalue weighted by Gasteiger charge is -2.09. The minimum atomic E-state index is -1.05. The SMILES string of the molecule is CCOC(=O)C(S)C(=O)Cc1ccccc1N. The highest BCUT2D eigenvalue weighted by molar-refractivity contribution is 7.82. The number of thiol groups is 1. The van der Waals surface area contributed by atoms with Gasteiger partial charge >= 0.3 is 5.97 Å².